The number of carbonyl (C=O) groups excluding carboxylic acids is 2. The van der Waals surface area contributed by atoms with Crippen LogP contribution in [0.3, 0.4) is 0 Å². The van der Waals surface area contributed by atoms with Gasteiger partial charge in [-0.3, -0.25) is 9.59 Å². The highest BCUT2D eigenvalue weighted by atomic mass is 35.5. The van der Waals surface area contributed by atoms with Gasteiger partial charge in [-0.1, -0.05) is 54.4 Å². The molecule has 37 heavy (non-hydrogen) atoms. The summed E-state index contributed by atoms with van der Waals surface area (Å²) in [5.74, 6) is -1.87. The third-order valence-electron chi connectivity index (χ3n) is 7.13. The number of rotatable bonds is 9. The number of halogens is 1. The standard InChI is InChI=1S/C29H31ClN2O5/c1-17(18-11-13-19(14-12-18)23-10-5-15-31-29(23)37-2)32-28(36)27(35)26(34)25(33)24-9-4-8-22(24)20-6-3-7-21(30)16-20/h3,5-7,10-17,22,24-26,33-34H,4,8-9H2,1-2H3,(H,32,36)/t17-,22-,24?,25?,26+/m1/s1. The molecule has 2 unspecified atom stereocenters. The number of hydrogen-bond acceptors (Lipinski definition) is 6. The maximum Gasteiger partial charge on any atom is 0.290 e. The third kappa shape index (κ3) is 6.01. The van der Waals surface area contributed by atoms with E-state index in [-0.39, 0.29) is 11.8 Å². The number of pyridine rings is 1. The second-order valence-corrected chi connectivity index (χ2v) is 9.87. The predicted octanol–water partition coefficient (Wildman–Crippen LogP) is 4.46. The Morgan fingerprint density at radius 1 is 1.08 bits per heavy atom. The lowest BCUT2D eigenvalue weighted by atomic mass is 9.82. The molecule has 1 aliphatic carbocycles. The lowest BCUT2D eigenvalue weighted by molar-refractivity contribution is -0.148. The molecule has 1 saturated carbocycles. The number of aromatic nitrogens is 1. The number of ketones is 1. The zero-order chi connectivity index (χ0) is 26.5. The van der Waals surface area contributed by atoms with Crippen LogP contribution in [0.2, 0.25) is 5.02 Å². The van der Waals surface area contributed by atoms with Crippen LogP contribution >= 0.6 is 11.6 Å². The normalized spacial score (nSPS) is 19.6. The molecule has 0 aliphatic heterocycles. The Morgan fingerprint density at radius 3 is 2.54 bits per heavy atom. The molecule has 1 fully saturated rings. The fraction of sp³-hybridized carbons (Fsp3) is 0.345. The number of aliphatic hydroxyl groups is 2. The Bertz CT molecular complexity index is 1250. The average molecular weight is 523 g/mol. The van der Waals surface area contributed by atoms with E-state index in [1.165, 1.54) is 0 Å². The van der Waals surface area contributed by atoms with Gasteiger partial charge in [-0.15, -0.1) is 0 Å². The summed E-state index contributed by atoms with van der Waals surface area (Å²) in [5, 5.41) is 24.7. The van der Waals surface area contributed by atoms with Crippen molar-refractivity contribution in [2.75, 3.05) is 7.11 Å². The van der Waals surface area contributed by atoms with E-state index in [0.717, 1.165) is 35.1 Å². The van der Waals surface area contributed by atoms with Gasteiger partial charge in [0.1, 0.15) is 6.10 Å². The van der Waals surface area contributed by atoms with Crippen molar-refractivity contribution < 1.29 is 24.5 Å². The fourth-order valence-electron chi connectivity index (χ4n) is 5.15. The number of carbonyl (C=O) groups is 2. The predicted molar refractivity (Wildman–Crippen MR) is 141 cm³/mol. The maximum absolute atomic E-state index is 12.8. The molecule has 0 radical (unpaired) electrons. The van der Waals surface area contributed by atoms with Crippen molar-refractivity contribution in [3.8, 4) is 17.0 Å². The summed E-state index contributed by atoms with van der Waals surface area (Å²) >= 11 is 6.13. The monoisotopic (exact) mass is 522 g/mol. The quantitative estimate of drug-likeness (QED) is 0.358. The van der Waals surface area contributed by atoms with Crippen LogP contribution in [-0.4, -0.2) is 46.2 Å². The van der Waals surface area contributed by atoms with Crippen LogP contribution in [0.25, 0.3) is 11.1 Å². The number of ether oxygens (including phenoxy) is 1. The van der Waals surface area contributed by atoms with E-state index in [1.807, 2.05) is 54.6 Å². The molecule has 7 nitrogen and oxygen atoms in total. The maximum atomic E-state index is 12.8. The van der Waals surface area contributed by atoms with E-state index >= 15 is 0 Å². The Hall–Kier alpha value is -3.26. The summed E-state index contributed by atoms with van der Waals surface area (Å²) in [5.41, 5.74) is 3.47. The second kappa shape index (κ2) is 11.9. The summed E-state index contributed by atoms with van der Waals surface area (Å²) < 4.78 is 5.32. The number of amides is 1. The first-order valence-corrected chi connectivity index (χ1v) is 12.7. The van der Waals surface area contributed by atoms with Crippen LogP contribution in [-0.2, 0) is 9.59 Å². The molecule has 0 spiro atoms. The molecule has 1 heterocycles. The van der Waals surface area contributed by atoms with Gasteiger partial charge >= 0.3 is 0 Å². The van der Waals surface area contributed by atoms with Crippen molar-refractivity contribution in [3.63, 3.8) is 0 Å². The highest BCUT2D eigenvalue weighted by Gasteiger charge is 2.41. The summed E-state index contributed by atoms with van der Waals surface area (Å²) in [6.45, 7) is 1.75. The van der Waals surface area contributed by atoms with E-state index < -0.39 is 29.9 Å². The molecule has 8 heteroatoms. The van der Waals surface area contributed by atoms with Gasteiger partial charge in [-0.25, -0.2) is 4.98 Å². The van der Waals surface area contributed by atoms with Crippen molar-refractivity contribution in [1.29, 1.82) is 0 Å². The zero-order valence-electron chi connectivity index (χ0n) is 20.8. The minimum absolute atomic E-state index is 0.0462. The van der Waals surface area contributed by atoms with Crippen LogP contribution in [0.15, 0.2) is 66.9 Å². The van der Waals surface area contributed by atoms with E-state index in [4.69, 9.17) is 16.3 Å². The number of Topliss-reactive ketones (excluding diaryl/α,β-unsaturated/α-hetero) is 1. The SMILES string of the molecule is COc1ncccc1-c1ccc([C@@H](C)NC(=O)C(=O)[C@@H](O)C(O)C2CCC[C@@H]2c2cccc(Cl)c2)cc1. The summed E-state index contributed by atoms with van der Waals surface area (Å²) in [6.07, 6.45) is 0.804. The topological polar surface area (TPSA) is 109 Å². The van der Waals surface area contributed by atoms with Gasteiger partial charge in [0, 0.05) is 16.8 Å². The number of hydrogen-bond donors (Lipinski definition) is 3. The fourth-order valence-corrected chi connectivity index (χ4v) is 5.35. The molecule has 3 aromatic rings. The minimum atomic E-state index is -1.81. The second-order valence-electron chi connectivity index (χ2n) is 9.43. The van der Waals surface area contributed by atoms with Gasteiger partial charge in [-0.2, -0.15) is 0 Å². The van der Waals surface area contributed by atoms with Gasteiger partial charge in [0.05, 0.1) is 19.3 Å². The minimum Gasteiger partial charge on any atom is -0.481 e. The van der Waals surface area contributed by atoms with Gasteiger partial charge in [0.25, 0.3) is 11.7 Å². The molecular formula is C29H31ClN2O5. The molecule has 194 valence electrons. The number of nitrogens with zero attached hydrogens (tertiary/aromatic N) is 1. The first-order valence-electron chi connectivity index (χ1n) is 12.4. The van der Waals surface area contributed by atoms with Crippen molar-refractivity contribution in [1.82, 2.24) is 10.3 Å². The highest BCUT2D eigenvalue weighted by Crippen LogP contribution is 2.42. The Balaban J connectivity index is 1.39. The van der Waals surface area contributed by atoms with Crippen molar-refractivity contribution in [2.24, 2.45) is 5.92 Å². The molecule has 3 N–H and O–H groups in total. The van der Waals surface area contributed by atoms with Crippen molar-refractivity contribution >= 4 is 23.3 Å². The number of nitrogens with one attached hydrogen (secondary N) is 1. The first kappa shape index (κ1) is 26.8. The lowest BCUT2D eigenvalue weighted by Crippen LogP contribution is -2.47. The molecule has 4 rings (SSSR count). The average Bonchev–Trinajstić information content (AvgIpc) is 3.42. The van der Waals surface area contributed by atoms with Crippen molar-refractivity contribution in [2.45, 2.75) is 50.4 Å². The molecule has 0 bridgehead atoms. The van der Waals surface area contributed by atoms with E-state index in [9.17, 15) is 19.8 Å². The Kier molecular flexibility index (Phi) is 8.59. The van der Waals surface area contributed by atoms with Crippen LogP contribution in [0.4, 0.5) is 0 Å². The molecular weight excluding hydrogens is 492 g/mol. The van der Waals surface area contributed by atoms with Gasteiger partial charge in [0.15, 0.2) is 0 Å². The van der Waals surface area contributed by atoms with Crippen molar-refractivity contribution in [3.05, 3.63) is 83.0 Å². The number of aliphatic hydroxyl groups excluding tert-OH is 2. The van der Waals surface area contributed by atoms with Crippen LogP contribution in [0.5, 0.6) is 5.88 Å². The molecule has 5 atom stereocenters. The number of methoxy groups -OCH3 is 1. The largest absolute Gasteiger partial charge is 0.481 e. The van der Waals surface area contributed by atoms with E-state index in [1.54, 1.807) is 26.3 Å². The highest BCUT2D eigenvalue weighted by molar-refractivity contribution is 6.38. The molecule has 1 aromatic heterocycles. The summed E-state index contributed by atoms with van der Waals surface area (Å²) in [6, 6.07) is 18.1. The zero-order valence-corrected chi connectivity index (χ0v) is 21.6. The number of benzene rings is 2. The van der Waals surface area contributed by atoms with E-state index in [0.29, 0.717) is 17.3 Å². The third-order valence-corrected chi connectivity index (χ3v) is 7.37. The lowest BCUT2D eigenvalue weighted by Gasteiger charge is -2.28. The Labute approximate surface area is 221 Å². The van der Waals surface area contributed by atoms with Crippen LogP contribution < -0.4 is 10.1 Å². The van der Waals surface area contributed by atoms with Crippen LogP contribution in [0.1, 0.15) is 49.3 Å². The first-order chi connectivity index (χ1) is 17.8. The van der Waals surface area contributed by atoms with E-state index in [2.05, 4.69) is 10.3 Å². The Morgan fingerprint density at radius 2 is 1.84 bits per heavy atom. The van der Waals surface area contributed by atoms with Gasteiger partial charge in [0.2, 0.25) is 5.88 Å². The van der Waals surface area contributed by atoms with Gasteiger partial charge < -0.3 is 20.3 Å². The molecule has 2 aromatic carbocycles. The van der Waals surface area contributed by atoms with Gasteiger partial charge in [-0.05, 0) is 72.6 Å². The molecule has 0 saturated heterocycles. The molecule has 1 aliphatic rings. The smallest absolute Gasteiger partial charge is 0.290 e. The van der Waals surface area contributed by atoms with Crippen LogP contribution in [0, 0.1) is 5.92 Å². The molecule has 1 amide bonds. The summed E-state index contributed by atoms with van der Waals surface area (Å²) in [4.78, 5) is 29.6. The summed E-state index contributed by atoms with van der Waals surface area (Å²) in [7, 11) is 1.56.